The summed E-state index contributed by atoms with van der Waals surface area (Å²) in [5, 5.41) is 9.91. The summed E-state index contributed by atoms with van der Waals surface area (Å²) >= 11 is 0. The summed E-state index contributed by atoms with van der Waals surface area (Å²) in [5.41, 5.74) is 5.76. The van der Waals surface area contributed by atoms with Crippen molar-refractivity contribution in [2.75, 3.05) is 0 Å². The molecule has 1 aliphatic carbocycles. The second kappa shape index (κ2) is 6.16. The Bertz CT molecular complexity index is 659. The van der Waals surface area contributed by atoms with Crippen LogP contribution in [0.4, 0.5) is 0 Å². The first kappa shape index (κ1) is 15.1. The molecule has 0 bridgehead atoms. The van der Waals surface area contributed by atoms with E-state index < -0.39 is 0 Å². The molecule has 22 heavy (non-hydrogen) atoms. The summed E-state index contributed by atoms with van der Waals surface area (Å²) in [6, 6.07) is 14.8. The van der Waals surface area contributed by atoms with E-state index in [9.17, 15) is 5.11 Å². The highest BCUT2D eigenvalue weighted by atomic mass is 16.3. The fraction of sp³-hybridized carbons (Fsp3) is 0.429. The molecule has 1 aliphatic rings. The predicted octanol–water partition coefficient (Wildman–Crippen LogP) is 5.42. The molecular weight excluding hydrogens is 268 g/mol. The van der Waals surface area contributed by atoms with Crippen molar-refractivity contribution in [3.8, 4) is 5.75 Å². The van der Waals surface area contributed by atoms with Crippen LogP contribution in [0.2, 0.25) is 0 Å². The Hall–Kier alpha value is -1.76. The van der Waals surface area contributed by atoms with Crippen molar-refractivity contribution in [1.29, 1.82) is 0 Å². The van der Waals surface area contributed by atoms with Crippen LogP contribution in [0.5, 0.6) is 5.75 Å². The van der Waals surface area contributed by atoms with Crippen molar-refractivity contribution < 1.29 is 5.11 Å². The third-order valence-electron chi connectivity index (χ3n) is 5.49. The van der Waals surface area contributed by atoms with E-state index in [1.54, 1.807) is 0 Å². The molecule has 1 N–H and O–H groups in total. The first-order valence-corrected chi connectivity index (χ1v) is 8.49. The molecule has 0 fully saturated rings. The minimum absolute atomic E-state index is 0.394. The summed E-state index contributed by atoms with van der Waals surface area (Å²) in [6.07, 6.45) is 3.36. The molecule has 1 nitrogen and oxygen atoms in total. The Morgan fingerprint density at radius 2 is 1.95 bits per heavy atom. The van der Waals surface area contributed by atoms with Crippen LogP contribution in [0.3, 0.4) is 0 Å². The number of aromatic hydroxyl groups is 1. The minimum Gasteiger partial charge on any atom is -0.508 e. The van der Waals surface area contributed by atoms with Gasteiger partial charge in [0.15, 0.2) is 0 Å². The zero-order valence-electron chi connectivity index (χ0n) is 13.8. The van der Waals surface area contributed by atoms with Gasteiger partial charge in [-0.25, -0.2) is 0 Å². The Kier molecular flexibility index (Phi) is 4.24. The van der Waals surface area contributed by atoms with Gasteiger partial charge in [0.1, 0.15) is 5.75 Å². The largest absolute Gasteiger partial charge is 0.508 e. The second-order valence-electron chi connectivity index (χ2n) is 6.85. The minimum atomic E-state index is 0.394. The van der Waals surface area contributed by atoms with Crippen LogP contribution in [-0.4, -0.2) is 5.11 Å². The fourth-order valence-corrected chi connectivity index (χ4v) is 3.88. The van der Waals surface area contributed by atoms with Gasteiger partial charge in [-0.1, -0.05) is 51.1 Å². The first-order chi connectivity index (χ1) is 10.6. The monoisotopic (exact) mass is 294 g/mol. The van der Waals surface area contributed by atoms with Gasteiger partial charge in [0.25, 0.3) is 0 Å². The average molecular weight is 294 g/mol. The summed E-state index contributed by atoms with van der Waals surface area (Å²) in [7, 11) is 0. The molecular formula is C21H26O. The maximum absolute atomic E-state index is 9.91. The Morgan fingerprint density at radius 3 is 2.68 bits per heavy atom. The number of rotatable bonds is 4. The molecule has 0 aliphatic heterocycles. The average Bonchev–Trinajstić information content (AvgIpc) is 2.83. The Labute approximate surface area is 134 Å². The van der Waals surface area contributed by atoms with Gasteiger partial charge < -0.3 is 5.11 Å². The van der Waals surface area contributed by atoms with Gasteiger partial charge in [0, 0.05) is 0 Å². The summed E-state index contributed by atoms with van der Waals surface area (Å²) in [5.74, 6) is 2.19. The maximum atomic E-state index is 9.91. The van der Waals surface area contributed by atoms with Gasteiger partial charge in [-0.2, -0.15) is 0 Å². The smallest absolute Gasteiger partial charge is 0.115 e. The van der Waals surface area contributed by atoms with Crippen molar-refractivity contribution >= 4 is 0 Å². The van der Waals surface area contributed by atoms with Crippen LogP contribution >= 0.6 is 0 Å². The number of benzene rings is 2. The lowest BCUT2D eigenvalue weighted by Crippen LogP contribution is -2.11. The highest BCUT2D eigenvalue weighted by Crippen LogP contribution is 2.40. The van der Waals surface area contributed by atoms with Crippen molar-refractivity contribution in [1.82, 2.24) is 0 Å². The van der Waals surface area contributed by atoms with Crippen molar-refractivity contribution in [2.45, 2.75) is 51.9 Å². The molecule has 2 aromatic carbocycles. The Morgan fingerprint density at radius 1 is 1.18 bits per heavy atom. The van der Waals surface area contributed by atoms with Crippen LogP contribution in [0.15, 0.2) is 42.5 Å². The van der Waals surface area contributed by atoms with E-state index in [0.717, 1.165) is 19.3 Å². The van der Waals surface area contributed by atoms with Crippen molar-refractivity contribution in [3.05, 3.63) is 64.7 Å². The van der Waals surface area contributed by atoms with Crippen LogP contribution < -0.4 is 0 Å². The molecule has 0 aromatic heterocycles. The molecule has 0 radical (unpaired) electrons. The van der Waals surface area contributed by atoms with Crippen LogP contribution in [0.25, 0.3) is 0 Å². The zero-order chi connectivity index (χ0) is 15.7. The third-order valence-corrected chi connectivity index (χ3v) is 5.49. The number of fused-ring (bicyclic) bond motifs is 1. The van der Waals surface area contributed by atoms with Crippen LogP contribution in [-0.2, 0) is 12.8 Å². The zero-order valence-corrected chi connectivity index (χ0v) is 13.8. The first-order valence-electron chi connectivity index (χ1n) is 8.49. The van der Waals surface area contributed by atoms with Gasteiger partial charge in [-0.15, -0.1) is 0 Å². The quantitative estimate of drug-likeness (QED) is 0.797. The molecule has 3 unspecified atom stereocenters. The van der Waals surface area contributed by atoms with Crippen molar-refractivity contribution in [2.24, 2.45) is 5.92 Å². The van der Waals surface area contributed by atoms with Crippen molar-refractivity contribution in [3.63, 3.8) is 0 Å². The molecule has 116 valence electrons. The van der Waals surface area contributed by atoms with E-state index >= 15 is 0 Å². The van der Waals surface area contributed by atoms with E-state index in [2.05, 4.69) is 51.1 Å². The molecule has 0 spiro atoms. The molecule has 1 heteroatoms. The number of phenols is 1. The molecule has 3 rings (SSSR count). The van der Waals surface area contributed by atoms with E-state index in [-0.39, 0.29) is 0 Å². The number of hydrogen-bond donors (Lipinski definition) is 1. The third kappa shape index (κ3) is 2.77. The second-order valence-corrected chi connectivity index (χ2v) is 6.85. The maximum Gasteiger partial charge on any atom is 0.115 e. The van der Waals surface area contributed by atoms with Gasteiger partial charge in [0.2, 0.25) is 0 Å². The van der Waals surface area contributed by atoms with E-state index in [4.69, 9.17) is 0 Å². The molecule has 2 aromatic rings. The summed E-state index contributed by atoms with van der Waals surface area (Å²) < 4.78 is 0. The topological polar surface area (TPSA) is 20.2 Å². The fourth-order valence-electron chi connectivity index (χ4n) is 3.88. The van der Waals surface area contributed by atoms with Gasteiger partial charge in [-0.05, 0) is 71.4 Å². The van der Waals surface area contributed by atoms with E-state index in [0.29, 0.717) is 23.5 Å². The lowest BCUT2D eigenvalue weighted by atomic mass is 9.84. The van der Waals surface area contributed by atoms with Gasteiger partial charge in [0.05, 0.1) is 0 Å². The molecule has 0 saturated heterocycles. The van der Waals surface area contributed by atoms with E-state index in [1.807, 2.05) is 12.1 Å². The van der Waals surface area contributed by atoms with Crippen LogP contribution in [0.1, 0.15) is 61.3 Å². The predicted molar refractivity (Wildman–Crippen MR) is 92.6 cm³/mol. The van der Waals surface area contributed by atoms with Gasteiger partial charge in [-0.3, -0.25) is 0 Å². The molecule has 0 heterocycles. The highest BCUT2D eigenvalue weighted by Gasteiger charge is 2.29. The number of hydrogen-bond acceptors (Lipinski definition) is 1. The molecule has 3 atom stereocenters. The molecule has 0 amide bonds. The number of phenolic OH excluding ortho intramolecular Hbond substituents is 1. The van der Waals surface area contributed by atoms with Gasteiger partial charge >= 0.3 is 0 Å². The normalized spacial score (nSPS) is 21.6. The molecule has 0 saturated carbocycles. The summed E-state index contributed by atoms with van der Waals surface area (Å²) in [4.78, 5) is 0. The van der Waals surface area contributed by atoms with E-state index in [1.165, 1.54) is 22.3 Å². The summed E-state index contributed by atoms with van der Waals surface area (Å²) in [6.45, 7) is 6.86. The Balaban J connectivity index is 1.87. The standard InChI is InChI=1S/C21H26O/c1-4-14(2)20-10-9-19(22)13-18(20)12-17-11-16-7-5-6-8-21(16)15(17)3/h5-10,13-15,17,22H,4,11-12H2,1-3H3. The lowest BCUT2D eigenvalue weighted by Gasteiger charge is -2.21. The van der Waals surface area contributed by atoms with Crippen LogP contribution in [0, 0.1) is 5.92 Å². The highest BCUT2D eigenvalue weighted by molar-refractivity contribution is 5.40. The SMILES string of the molecule is CCC(C)c1ccc(O)cc1CC1Cc2ccccc2C1C. The lowest BCUT2D eigenvalue weighted by molar-refractivity contribution is 0.462.